The van der Waals surface area contributed by atoms with Gasteiger partial charge in [-0.1, -0.05) is 48.5 Å². The van der Waals surface area contributed by atoms with Gasteiger partial charge >= 0.3 is 0 Å². The molecule has 0 radical (unpaired) electrons. The molecular formula is C20H24N2O2. The van der Waals surface area contributed by atoms with Crippen molar-refractivity contribution in [2.24, 2.45) is 5.92 Å². The number of carbonyl (C=O) groups excluding carboxylic acids is 1. The van der Waals surface area contributed by atoms with Crippen LogP contribution in [0.1, 0.15) is 6.42 Å². The van der Waals surface area contributed by atoms with Gasteiger partial charge in [0.1, 0.15) is 5.75 Å². The number of likely N-dealkylation sites (tertiary alicyclic amines) is 1. The number of ether oxygens (including phenoxy) is 1. The normalized spacial score (nSPS) is 17.0. The highest BCUT2D eigenvalue weighted by Gasteiger charge is 2.25. The first-order valence-electron chi connectivity index (χ1n) is 8.47. The number of hydrogen-bond acceptors (Lipinski definition) is 3. The van der Waals surface area contributed by atoms with Crippen LogP contribution >= 0.6 is 0 Å². The van der Waals surface area contributed by atoms with Crippen LogP contribution in [-0.2, 0) is 4.79 Å². The number of amides is 1. The third-order valence-corrected chi connectivity index (χ3v) is 4.45. The van der Waals surface area contributed by atoms with E-state index in [0.717, 1.165) is 42.9 Å². The van der Waals surface area contributed by atoms with E-state index in [2.05, 4.69) is 5.32 Å². The van der Waals surface area contributed by atoms with Crippen LogP contribution in [0.2, 0.25) is 0 Å². The van der Waals surface area contributed by atoms with Crippen LogP contribution in [0.3, 0.4) is 0 Å². The van der Waals surface area contributed by atoms with E-state index in [4.69, 9.17) is 4.74 Å². The summed E-state index contributed by atoms with van der Waals surface area (Å²) in [7, 11) is 1.95. The fourth-order valence-corrected chi connectivity index (χ4v) is 3.19. The average Bonchev–Trinajstić information content (AvgIpc) is 3.10. The van der Waals surface area contributed by atoms with Gasteiger partial charge in [0.15, 0.2) is 6.61 Å². The fourth-order valence-electron chi connectivity index (χ4n) is 3.19. The molecule has 24 heavy (non-hydrogen) atoms. The summed E-state index contributed by atoms with van der Waals surface area (Å²) in [5.74, 6) is 1.37. The maximum absolute atomic E-state index is 12.4. The van der Waals surface area contributed by atoms with E-state index in [-0.39, 0.29) is 12.5 Å². The second kappa shape index (κ2) is 7.97. The first-order valence-corrected chi connectivity index (χ1v) is 8.47. The molecule has 126 valence electrons. The minimum atomic E-state index is 0.0662. The zero-order valence-electron chi connectivity index (χ0n) is 14.1. The van der Waals surface area contributed by atoms with Gasteiger partial charge in [-0.15, -0.1) is 0 Å². The summed E-state index contributed by atoms with van der Waals surface area (Å²) in [5.41, 5.74) is 2.11. The van der Waals surface area contributed by atoms with Crippen LogP contribution in [-0.4, -0.2) is 44.1 Å². The SMILES string of the molecule is CNCC1CCN(C(=O)COc2ccccc2-c2ccccc2)C1. The van der Waals surface area contributed by atoms with Gasteiger partial charge in [0, 0.05) is 18.7 Å². The third-order valence-electron chi connectivity index (χ3n) is 4.45. The molecule has 0 aliphatic carbocycles. The summed E-state index contributed by atoms with van der Waals surface area (Å²) in [5, 5.41) is 3.18. The maximum atomic E-state index is 12.4. The molecular weight excluding hydrogens is 300 g/mol. The summed E-state index contributed by atoms with van der Waals surface area (Å²) in [6.45, 7) is 2.70. The lowest BCUT2D eigenvalue weighted by Gasteiger charge is -2.18. The molecule has 3 rings (SSSR count). The Balaban J connectivity index is 1.62. The van der Waals surface area contributed by atoms with Crippen LogP contribution in [0.25, 0.3) is 11.1 Å². The lowest BCUT2D eigenvalue weighted by molar-refractivity contribution is -0.132. The lowest BCUT2D eigenvalue weighted by Crippen LogP contribution is -2.34. The van der Waals surface area contributed by atoms with Gasteiger partial charge in [0.2, 0.25) is 0 Å². The van der Waals surface area contributed by atoms with Crippen molar-refractivity contribution in [3.63, 3.8) is 0 Å². The van der Waals surface area contributed by atoms with Crippen molar-refractivity contribution in [1.29, 1.82) is 0 Å². The largest absolute Gasteiger partial charge is 0.483 e. The molecule has 1 amide bonds. The van der Waals surface area contributed by atoms with Crippen molar-refractivity contribution in [3.05, 3.63) is 54.6 Å². The predicted octanol–water partition coefficient (Wildman–Crippen LogP) is 2.80. The molecule has 1 N–H and O–H groups in total. The van der Waals surface area contributed by atoms with Gasteiger partial charge in [-0.05, 0) is 37.6 Å². The zero-order chi connectivity index (χ0) is 16.8. The molecule has 1 aliphatic heterocycles. The van der Waals surface area contributed by atoms with Gasteiger partial charge in [0.25, 0.3) is 5.91 Å². The van der Waals surface area contributed by atoms with E-state index in [1.807, 2.05) is 66.5 Å². The van der Waals surface area contributed by atoms with Crippen LogP contribution in [0.5, 0.6) is 5.75 Å². The Labute approximate surface area is 143 Å². The number of rotatable bonds is 6. The highest BCUT2D eigenvalue weighted by Crippen LogP contribution is 2.29. The van der Waals surface area contributed by atoms with Crippen LogP contribution in [0.15, 0.2) is 54.6 Å². The monoisotopic (exact) mass is 324 g/mol. The number of carbonyl (C=O) groups is 1. The Bertz CT molecular complexity index is 672. The van der Waals surface area contributed by atoms with E-state index in [0.29, 0.717) is 5.92 Å². The van der Waals surface area contributed by atoms with Crippen molar-refractivity contribution in [1.82, 2.24) is 10.2 Å². The second-order valence-electron chi connectivity index (χ2n) is 6.20. The van der Waals surface area contributed by atoms with E-state index in [1.54, 1.807) is 0 Å². The predicted molar refractivity (Wildman–Crippen MR) is 96.0 cm³/mol. The molecule has 0 bridgehead atoms. The molecule has 1 aliphatic rings. The number of para-hydroxylation sites is 1. The third kappa shape index (κ3) is 3.95. The Kier molecular flexibility index (Phi) is 5.49. The van der Waals surface area contributed by atoms with Gasteiger partial charge in [0.05, 0.1) is 0 Å². The number of benzene rings is 2. The Morgan fingerprint density at radius 2 is 1.92 bits per heavy atom. The van der Waals surface area contributed by atoms with E-state index < -0.39 is 0 Å². The molecule has 0 spiro atoms. The summed E-state index contributed by atoms with van der Waals surface area (Å²) in [6.07, 6.45) is 1.06. The first-order chi connectivity index (χ1) is 11.8. The second-order valence-corrected chi connectivity index (χ2v) is 6.20. The van der Waals surface area contributed by atoms with Crippen molar-refractivity contribution >= 4 is 5.91 Å². The van der Waals surface area contributed by atoms with E-state index >= 15 is 0 Å². The molecule has 1 heterocycles. The molecule has 1 fully saturated rings. The summed E-state index contributed by atoms with van der Waals surface area (Å²) >= 11 is 0. The molecule has 1 unspecified atom stereocenters. The highest BCUT2D eigenvalue weighted by atomic mass is 16.5. The standard InChI is InChI=1S/C20H24N2O2/c1-21-13-16-11-12-22(14-16)20(23)15-24-19-10-6-5-9-18(19)17-7-3-2-4-8-17/h2-10,16,21H,11-15H2,1H3. The number of hydrogen-bond donors (Lipinski definition) is 1. The number of nitrogens with one attached hydrogen (secondary N) is 1. The average molecular weight is 324 g/mol. The molecule has 4 heteroatoms. The van der Waals surface area contributed by atoms with E-state index in [9.17, 15) is 4.79 Å². The molecule has 2 aromatic rings. The van der Waals surface area contributed by atoms with Crippen molar-refractivity contribution < 1.29 is 9.53 Å². The van der Waals surface area contributed by atoms with Crippen molar-refractivity contribution in [3.8, 4) is 16.9 Å². The van der Waals surface area contributed by atoms with Crippen molar-refractivity contribution in [2.45, 2.75) is 6.42 Å². The Morgan fingerprint density at radius 1 is 1.17 bits per heavy atom. The summed E-state index contributed by atoms with van der Waals surface area (Å²) < 4.78 is 5.85. The molecule has 0 saturated carbocycles. The van der Waals surface area contributed by atoms with Gasteiger partial charge in [-0.3, -0.25) is 4.79 Å². The summed E-state index contributed by atoms with van der Waals surface area (Å²) in [6, 6.07) is 18.0. The molecule has 2 aromatic carbocycles. The zero-order valence-corrected chi connectivity index (χ0v) is 14.1. The smallest absolute Gasteiger partial charge is 0.260 e. The first kappa shape index (κ1) is 16.5. The van der Waals surface area contributed by atoms with Crippen LogP contribution in [0, 0.1) is 5.92 Å². The topological polar surface area (TPSA) is 41.6 Å². The van der Waals surface area contributed by atoms with Gasteiger partial charge in [-0.25, -0.2) is 0 Å². The van der Waals surface area contributed by atoms with Crippen LogP contribution < -0.4 is 10.1 Å². The molecule has 0 aromatic heterocycles. The number of nitrogens with zero attached hydrogens (tertiary/aromatic N) is 1. The highest BCUT2D eigenvalue weighted by molar-refractivity contribution is 5.78. The van der Waals surface area contributed by atoms with Crippen LogP contribution in [0.4, 0.5) is 0 Å². The maximum Gasteiger partial charge on any atom is 0.260 e. The lowest BCUT2D eigenvalue weighted by atomic mass is 10.1. The molecule has 1 atom stereocenters. The van der Waals surface area contributed by atoms with Crippen molar-refractivity contribution in [2.75, 3.05) is 33.3 Å². The Morgan fingerprint density at radius 3 is 2.71 bits per heavy atom. The molecule has 4 nitrogen and oxygen atoms in total. The molecule has 1 saturated heterocycles. The fraction of sp³-hybridized carbons (Fsp3) is 0.350. The summed E-state index contributed by atoms with van der Waals surface area (Å²) in [4.78, 5) is 14.3. The van der Waals surface area contributed by atoms with Gasteiger partial charge < -0.3 is 15.0 Å². The minimum Gasteiger partial charge on any atom is -0.483 e. The van der Waals surface area contributed by atoms with E-state index in [1.165, 1.54) is 0 Å². The van der Waals surface area contributed by atoms with Gasteiger partial charge in [-0.2, -0.15) is 0 Å². The Hall–Kier alpha value is -2.33. The minimum absolute atomic E-state index is 0.0662. The quantitative estimate of drug-likeness (QED) is 0.888.